The van der Waals surface area contributed by atoms with Gasteiger partial charge in [-0.2, -0.15) is 0 Å². The van der Waals surface area contributed by atoms with Crippen LogP contribution < -0.4 is 11.1 Å². The Labute approximate surface area is 174 Å². The average Bonchev–Trinajstić information content (AvgIpc) is 2.99. The average molecular weight is 446 g/mol. The molecule has 1 aliphatic rings. The summed E-state index contributed by atoms with van der Waals surface area (Å²) in [7, 11) is -1.66. The van der Waals surface area contributed by atoms with Gasteiger partial charge in [-0.25, -0.2) is 13.2 Å². The van der Waals surface area contributed by atoms with Crippen molar-refractivity contribution in [3.05, 3.63) is 34.9 Å². The van der Waals surface area contributed by atoms with Gasteiger partial charge >= 0.3 is 12.0 Å². The molecule has 1 fully saturated rings. The Hall–Kier alpha value is -2.33. The van der Waals surface area contributed by atoms with Crippen molar-refractivity contribution in [1.82, 2.24) is 10.2 Å². The number of amides is 3. The first-order valence-electron chi connectivity index (χ1n) is 8.96. The number of halogens is 1. The molecule has 1 heterocycles. The second-order valence-electron chi connectivity index (χ2n) is 6.95. The summed E-state index contributed by atoms with van der Waals surface area (Å²) in [5, 5.41) is 2.95. The van der Waals surface area contributed by atoms with Gasteiger partial charge in [0.25, 0.3) is 5.91 Å². The molecule has 9 nitrogen and oxygen atoms in total. The quantitative estimate of drug-likeness (QED) is 0.601. The summed E-state index contributed by atoms with van der Waals surface area (Å²) in [4.78, 5) is 37.4. The Balaban J connectivity index is 1.98. The van der Waals surface area contributed by atoms with Gasteiger partial charge in [0.1, 0.15) is 0 Å². The Morgan fingerprint density at radius 3 is 2.45 bits per heavy atom. The molecule has 11 heteroatoms. The maximum Gasteiger partial charge on any atom is 0.312 e. The largest absolute Gasteiger partial charge is 0.452 e. The van der Waals surface area contributed by atoms with Gasteiger partial charge in [0.15, 0.2) is 15.9 Å². The van der Waals surface area contributed by atoms with Crippen LogP contribution >= 0.6 is 11.6 Å². The zero-order chi connectivity index (χ0) is 21.8. The fourth-order valence-electron chi connectivity index (χ4n) is 3.13. The Morgan fingerprint density at radius 1 is 1.31 bits per heavy atom. The minimum atomic E-state index is -3.15. The number of hydrogen-bond donors (Lipinski definition) is 2. The van der Waals surface area contributed by atoms with Crippen LogP contribution in [0.3, 0.4) is 0 Å². The molecule has 0 spiro atoms. The van der Waals surface area contributed by atoms with Crippen molar-refractivity contribution in [3.63, 3.8) is 0 Å². The number of nitrogens with two attached hydrogens (primary N) is 1. The van der Waals surface area contributed by atoms with Crippen molar-refractivity contribution in [2.75, 3.05) is 18.6 Å². The van der Waals surface area contributed by atoms with E-state index in [9.17, 15) is 22.8 Å². The SMILES string of the molecule is CC(OC(=O)CC(NC(N)=O)c1ccc(Cl)cc1)C(=O)N(C)C1CCS(=O)(=O)C1. The van der Waals surface area contributed by atoms with Gasteiger partial charge in [0.05, 0.1) is 24.0 Å². The summed E-state index contributed by atoms with van der Waals surface area (Å²) in [5.41, 5.74) is 5.77. The maximum atomic E-state index is 12.5. The topological polar surface area (TPSA) is 136 Å². The summed E-state index contributed by atoms with van der Waals surface area (Å²) in [6.45, 7) is 1.42. The highest BCUT2D eigenvalue weighted by Gasteiger charge is 2.35. The molecule has 3 unspecified atom stereocenters. The Kier molecular flexibility index (Phi) is 7.48. The summed E-state index contributed by atoms with van der Waals surface area (Å²) in [6, 6.07) is 4.48. The monoisotopic (exact) mass is 445 g/mol. The molecule has 2 rings (SSSR count). The van der Waals surface area contributed by atoms with Gasteiger partial charge < -0.3 is 20.7 Å². The number of esters is 1. The zero-order valence-corrected chi connectivity index (χ0v) is 17.7. The van der Waals surface area contributed by atoms with Crippen LogP contribution in [0.15, 0.2) is 24.3 Å². The van der Waals surface area contributed by atoms with E-state index in [4.69, 9.17) is 22.1 Å². The van der Waals surface area contributed by atoms with Crippen LogP contribution in [0.1, 0.15) is 31.4 Å². The van der Waals surface area contributed by atoms with E-state index < -0.39 is 45.9 Å². The van der Waals surface area contributed by atoms with Gasteiger partial charge in [-0.15, -0.1) is 0 Å². The molecule has 160 valence electrons. The number of rotatable bonds is 7. The number of nitrogens with one attached hydrogen (secondary N) is 1. The molecule has 0 saturated carbocycles. The minimum Gasteiger partial charge on any atom is -0.452 e. The van der Waals surface area contributed by atoms with E-state index in [1.165, 1.54) is 18.9 Å². The van der Waals surface area contributed by atoms with Crippen LogP contribution in [0.5, 0.6) is 0 Å². The summed E-state index contributed by atoms with van der Waals surface area (Å²) >= 11 is 5.85. The van der Waals surface area contributed by atoms with Crippen LogP contribution in [-0.4, -0.2) is 61.9 Å². The van der Waals surface area contributed by atoms with Crippen LogP contribution in [-0.2, 0) is 24.2 Å². The van der Waals surface area contributed by atoms with E-state index in [1.54, 1.807) is 24.3 Å². The Morgan fingerprint density at radius 2 is 1.93 bits per heavy atom. The third kappa shape index (κ3) is 6.60. The predicted molar refractivity (Wildman–Crippen MR) is 107 cm³/mol. The van der Waals surface area contributed by atoms with E-state index in [1.807, 2.05) is 0 Å². The number of urea groups is 1. The second kappa shape index (κ2) is 9.45. The number of hydrogen-bond acceptors (Lipinski definition) is 6. The van der Waals surface area contributed by atoms with Crippen molar-refractivity contribution >= 4 is 39.3 Å². The number of likely N-dealkylation sites (N-methyl/N-ethyl adjacent to an activating group) is 1. The van der Waals surface area contributed by atoms with Gasteiger partial charge in [-0.05, 0) is 31.0 Å². The number of nitrogens with zero attached hydrogens (tertiary/aromatic N) is 1. The summed E-state index contributed by atoms with van der Waals surface area (Å²) < 4.78 is 28.4. The lowest BCUT2D eigenvalue weighted by molar-refractivity contribution is -0.159. The normalized spacial score (nSPS) is 19.8. The van der Waals surface area contributed by atoms with Crippen LogP contribution in [0.25, 0.3) is 0 Å². The first-order valence-corrected chi connectivity index (χ1v) is 11.2. The van der Waals surface area contributed by atoms with E-state index in [0.717, 1.165) is 0 Å². The van der Waals surface area contributed by atoms with Gasteiger partial charge in [-0.3, -0.25) is 9.59 Å². The number of primary amides is 1. The first-order chi connectivity index (χ1) is 13.5. The molecule has 1 saturated heterocycles. The van der Waals surface area contributed by atoms with Gasteiger partial charge in [0, 0.05) is 18.1 Å². The molecule has 1 aromatic carbocycles. The molecule has 1 aliphatic heterocycles. The van der Waals surface area contributed by atoms with E-state index in [0.29, 0.717) is 17.0 Å². The summed E-state index contributed by atoms with van der Waals surface area (Å²) in [5.74, 6) is -1.28. The van der Waals surface area contributed by atoms with Crippen molar-refractivity contribution in [2.45, 2.75) is 38.0 Å². The van der Waals surface area contributed by atoms with E-state index >= 15 is 0 Å². The number of benzene rings is 1. The zero-order valence-electron chi connectivity index (χ0n) is 16.1. The van der Waals surface area contributed by atoms with Crippen LogP contribution in [0.4, 0.5) is 4.79 Å². The molecule has 29 heavy (non-hydrogen) atoms. The fraction of sp³-hybridized carbons (Fsp3) is 0.500. The number of ether oxygens (including phenoxy) is 1. The van der Waals surface area contributed by atoms with Gasteiger partial charge in [0.2, 0.25) is 0 Å². The van der Waals surface area contributed by atoms with Crippen molar-refractivity contribution in [1.29, 1.82) is 0 Å². The third-order valence-electron chi connectivity index (χ3n) is 4.72. The lowest BCUT2D eigenvalue weighted by Gasteiger charge is -2.26. The van der Waals surface area contributed by atoms with Crippen LogP contribution in [0, 0.1) is 0 Å². The molecule has 0 aromatic heterocycles. The minimum absolute atomic E-state index is 0.0328. The lowest BCUT2D eigenvalue weighted by atomic mass is 10.0. The highest BCUT2D eigenvalue weighted by molar-refractivity contribution is 7.91. The van der Waals surface area contributed by atoms with E-state index in [2.05, 4.69) is 5.32 Å². The number of carbonyl (C=O) groups excluding carboxylic acids is 3. The van der Waals surface area contributed by atoms with Crippen molar-refractivity contribution < 1.29 is 27.5 Å². The molecular formula is C18H24ClN3O6S. The summed E-state index contributed by atoms with van der Waals surface area (Å²) in [6.07, 6.45) is -0.994. The second-order valence-corrected chi connectivity index (χ2v) is 9.62. The van der Waals surface area contributed by atoms with Crippen molar-refractivity contribution in [3.8, 4) is 0 Å². The molecule has 3 amide bonds. The van der Waals surface area contributed by atoms with Crippen LogP contribution in [0.2, 0.25) is 5.02 Å². The fourth-order valence-corrected chi connectivity index (χ4v) is 5.03. The molecule has 1 aromatic rings. The molecule has 3 atom stereocenters. The Bertz CT molecular complexity index is 874. The lowest BCUT2D eigenvalue weighted by Crippen LogP contribution is -2.44. The van der Waals surface area contributed by atoms with Crippen molar-refractivity contribution in [2.24, 2.45) is 5.73 Å². The van der Waals surface area contributed by atoms with E-state index in [-0.39, 0.29) is 17.9 Å². The standard InChI is InChI=1S/C18H24ClN3O6S/c1-11(17(24)22(2)14-7-8-29(26,27)10-14)28-16(23)9-15(21-18(20)25)12-3-5-13(19)6-4-12/h3-6,11,14-15H,7-10H2,1-2H3,(H3,20,21,25). The first kappa shape index (κ1) is 23.0. The maximum absolute atomic E-state index is 12.5. The third-order valence-corrected chi connectivity index (χ3v) is 6.72. The predicted octanol–water partition coefficient (Wildman–Crippen LogP) is 1.02. The van der Waals surface area contributed by atoms with Gasteiger partial charge in [-0.1, -0.05) is 23.7 Å². The smallest absolute Gasteiger partial charge is 0.312 e. The highest BCUT2D eigenvalue weighted by atomic mass is 35.5. The molecule has 0 aliphatic carbocycles. The molecular weight excluding hydrogens is 422 g/mol. The highest BCUT2D eigenvalue weighted by Crippen LogP contribution is 2.21. The molecule has 0 bridgehead atoms. The number of carbonyl (C=O) groups is 3. The molecule has 3 N–H and O–H groups in total. The molecule has 0 radical (unpaired) electrons. The number of sulfone groups is 1.